The van der Waals surface area contributed by atoms with Gasteiger partial charge in [-0.2, -0.15) is 0 Å². The maximum Gasteiger partial charge on any atom is 0.106 e. The van der Waals surface area contributed by atoms with Crippen molar-refractivity contribution in [2.75, 3.05) is 11.1 Å². The van der Waals surface area contributed by atoms with Crippen molar-refractivity contribution in [2.45, 2.75) is 6.54 Å². The summed E-state index contributed by atoms with van der Waals surface area (Å²) in [7, 11) is 0. The SMILES string of the molecule is Nc1c(NCc2ccccc2Cl)ccc2scnc12. The Bertz CT molecular complexity index is 724. The van der Waals surface area contributed by atoms with E-state index in [1.807, 2.05) is 36.4 Å². The fraction of sp³-hybridized carbons (Fsp3) is 0.0714. The molecule has 1 heterocycles. The maximum absolute atomic E-state index is 6.13. The van der Waals surface area contributed by atoms with Gasteiger partial charge in [0.1, 0.15) is 5.52 Å². The third-order valence-electron chi connectivity index (χ3n) is 2.97. The van der Waals surface area contributed by atoms with Crippen molar-refractivity contribution in [1.82, 2.24) is 4.98 Å². The van der Waals surface area contributed by atoms with Gasteiger partial charge in [0.15, 0.2) is 0 Å². The zero-order chi connectivity index (χ0) is 13.2. The number of nitrogens with zero attached hydrogens (tertiary/aromatic N) is 1. The minimum atomic E-state index is 0.638. The molecule has 0 atom stereocenters. The lowest BCUT2D eigenvalue weighted by atomic mass is 10.2. The lowest BCUT2D eigenvalue weighted by Crippen LogP contribution is -2.03. The highest BCUT2D eigenvalue weighted by atomic mass is 35.5. The molecule has 5 heteroatoms. The number of rotatable bonds is 3. The van der Waals surface area contributed by atoms with Gasteiger partial charge < -0.3 is 11.1 Å². The van der Waals surface area contributed by atoms with Crippen LogP contribution in [0.5, 0.6) is 0 Å². The van der Waals surface area contributed by atoms with E-state index in [2.05, 4.69) is 10.3 Å². The molecule has 0 radical (unpaired) electrons. The molecule has 1 aromatic heterocycles. The van der Waals surface area contributed by atoms with E-state index in [0.29, 0.717) is 12.2 Å². The third-order valence-corrected chi connectivity index (χ3v) is 4.13. The molecule has 0 fully saturated rings. The Morgan fingerprint density at radius 2 is 2.05 bits per heavy atom. The highest BCUT2D eigenvalue weighted by molar-refractivity contribution is 7.16. The minimum absolute atomic E-state index is 0.638. The van der Waals surface area contributed by atoms with Gasteiger partial charge in [-0.1, -0.05) is 29.8 Å². The molecule has 0 saturated heterocycles. The van der Waals surface area contributed by atoms with E-state index in [1.54, 1.807) is 16.8 Å². The average Bonchev–Trinajstić information content (AvgIpc) is 2.89. The van der Waals surface area contributed by atoms with Crippen LogP contribution < -0.4 is 11.1 Å². The number of benzene rings is 2. The second-order valence-corrected chi connectivity index (χ2v) is 5.46. The lowest BCUT2D eigenvalue weighted by molar-refractivity contribution is 1.15. The van der Waals surface area contributed by atoms with Crippen LogP contribution in [-0.2, 0) is 6.54 Å². The molecule has 3 aromatic rings. The van der Waals surface area contributed by atoms with Crippen molar-refractivity contribution in [3.05, 3.63) is 52.5 Å². The summed E-state index contributed by atoms with van der Waals surface area (Å²) in [5.41, 5.74) is 11.4. The van der Waals surface area contributed by atoms with Crippen molar-refractivity contribution in [2.24, 2.45) is 0 Å². The van der Waals surface area contributed by atoms with Crippen LogP contribution in [0.25, 0.3) is 10.2 Å². The topological polar surface area (TPSA) is 50.9 Å². The number of nitrogen functional groups attached to an aromatic ring is 1. The molecule has 3 N–H and O–H groups in total. The van der Waals surface area contributed by atoms with Gasteiger partial charge in [-0.25, -0.2) is 4.98 Å². The molecule has 3 rings (SSSR count). The van der Waals surface area contributed by atoms with Gasteiger partial charge in [0.25, 0.3) is 0 Å². The molecule has 0 bridgehead atoms. The first kappa shape index (κ1) is 12.3. The fourth-order valence-corrected chi connectivity index (χ4v) is 2.83. The van der Waals surface area contributed by atoms with E-state index in [1.165, 1.54) is 0 Å². The number of anilines is 2. The van der Waals surface area contributed by atoms with E-state index in [0.717, 1.165) is 26.5 Å². The summed E-state index contributed by atoms with van der Waals surface area (Å²) in [5.74, 6) is 0. The van der Waals surface area contributed by atoms with Gasteiger partial charge in [-0.3, -0.25) is 0 Å². The summed E-state index contributed by atoms with van der Waals surface area (Å²) in [4.78, 5) is 4.28. The van der Waals surface area contributed by atoms with Crippen LogP contribution in [0.4, 0.5) is 11.4 Å². The van der Waals surface area contributed by atoms with Crippen molar-refractivity contribution in [3.63, 3.8) is 0 Å². The molecule has 19 heavy (non-hydrogen) atoms. The number of halogens is 1. The first-order valence-corrected chi connectivity index (χ1v) is 7.10. The van der Waals surface area contributed by atoms with Gasteiger partial charge in [-0.15, -0.1) is 11.3 Å². The van der Waals surface area contributed by atoms with Crippen molar-refractivity contribution < 1.29 is 0 Å². The van der Waals surface area contributed by atoms with Gasteiger partial charge in [0.05, 0.1) is 21.6 Å². The zero-order valence-corrected chi connectivity index (χ0v) is 11.6. The molecular formula is C14H12ClN3S. The summed E-state index contributed by atoms with van der Waals surface area (Å²) >= 11 is 7.71. The normalized spacial score (nSPS) is 10.8. The number of fused-ring (bicyclic) bond motifs is 1. The van der Waals surface area contributed by atoms with Gasteiger partial charge >= 0.3 is 0 Å². The molecule has 0 spiro atoms. The van der Waals surface area contributed by atoms with E-state index in [4.69, 9.17) is 17.3 Å². The predicted molar refractivity (Wildman–Crippen MR) is 82.8 cm³/mol. The minimum Gasteiger partial charge on any atom is -0.395 e. The maximum atomic E-state index is 6.13. The number of aromatic nitrogens is 1. The van der Waals surface area contributed by atoms with Crippen LogP contribution in [0.1, 0.15) is 5.56 Å². The average molecular weight is 290 g/mol. The number of thiazole rings is 1. The number of nitrogens with one attached hydrogen (secondary N) is 1. The van der Waals surface area contributed by atoms with Crippen LogP contribution >= 0.6 is 22.9 Å². The van der Waals surface area contributed by atoms with Crippen molar-refractivity contribution in [1.29, 1.82) is 0 Å². The molecule has 0 amide bonds. The molecule has 0 unspecified atom stereocenters. The van der Waals surface area contributed by atoms with Crippen molar-refractivity contribution in [3.8, 4) is 0 Å². The van der Waals surface area contributed by atoms with Crippen LogP contribution in [0.2, 0.25) is 5.02 Å². The number of nitrogens with two attached hydrogens (primary N) is 1. The van der Waals surface area contributed by atoms with Crippen LogP contribution in [0.3, 0.4) is 0 Å². The van der Waals surface area contributed by atoms with Crippen LogP contribution in [0.15, 0.2) is 41.9 Å². The molecule has 0 aliphatic rings. The Balaban J connectivity index is 1.86. The Kier molecular flexibility index (Phi) is 3.27. The Morgan fingerprint density at radius 3 is 2.89 bits per heavy atom. The number of hydrogen-bond donors (Lipinski definition) is 2. The molecule has 0 saturated carbocycles. The molecule has 0 aliphatic heterocycles. The summed E-state index contributed by atoms with van der Waals surface area (Å²) in [6.07, 6.45) is 0. The van der Waals surface area contributed by atoms with Gasteiger partial charge in [0.2, 0.25) is 0 Å². The summed E-state index contributed by atoms with van der Waals surface area (Å²) in [6.45, 7) is 0.638. The van der Waals surface area contributed by atoms with Crippen LogP contribution in [0, 0.1) is 0 Å². The molecule has 3 nitrogen and oxygen atoms in total. The fourth-order valence-electron chi connectivity index (χ4n) is 1.94. The molecule has 96 valence electrons. The molecular weight excluding hydrogens is 278 g/mol. The smallest absolute Gasteiger partial charge is 0.106 e. The standard InChI is InChI=1S/C14H12ClN3S/c15-10-4-2-1-3-9(10)7-17-11-5-6-12-14(13(11)16)18-8-19-12/h1-6,8,17H,7,16H2. The first-order valence-electron chi connectivity index (χ1n) is 5.84. The lowest BCUT2D eigenvalue weighted by Gasteiger charge is -2.10. The Hall–Kier alpha value is -1.78. The highest BCUT2D eigenvalue weighted by Gasteiger charge is 2.07. The summed E-state index contributed by atoms with van der Waals surface area (Å²) < 4.78 is 1.10. The third kappa shape index (κ3) is 2.37. The second kappa shape index (κ2) is 5.07. The monoisotopic (exact) mass is 289 g/mol. The summed E-state index contributed by atoms with van der Waals surface area (Å²) in [5, 5.41) is 4.06. The van der Waals surface area contributed by atoms with E-state index < -0.39 is 0 Å². The molecule has 0 aliphatic carbocycles. The predicted octanol–water partition coefficient (Wildman–Crippen LogP) is 4.14. The molecule has 2 aromatic carbocycles. The highest BCUT2D eigenvalue weighted by Crippen LogP contribution is 2.30. The van der Waals surface area contributed by atoms with Gasteiger partial charge in [-0.05, 0) is 23.8 Å². The van der Waals surface area contributed by atoms with E-state index in [9.17, 15) is 0 Å². The Labute approximate surface area is 120 Å². The van der Waals surface area contributed by atoms with Crippen molar-refractivity contribution >= 4 is 44.5 Å². The number of hydrogen-bond acceptors (Lipinski definition) is 4. The largest absolute Gasteiger partial charge is 0.395 e. The van der Waals surface area contributed by atoms with E-state index in [-0.39, 0.29) is 0 Å². The van der Waals surface area contributed by atoms with Gasteiger partial charge in [0, 0.05) is 11.6 Å². The second-order valence-electron chi connectivity index (χ2n) is 4.17. The van der Waals surface area contributed by atoms with Crippen LogP contribution in [-0.4, -0.2) is 4.98 Å². The van der Waals surface area contributed by atoms with E-state index >= 15 is 0 Å². The quantitative estimate of drug-likeness (QED) is 0.712. The zero-order valence-electron chi connectivity index (χ0n) is 10.1. The first-order chi connectivity index (χ1) is 9.25. The Morgan fingerprint density at radius 1 is 1.21 bits per heavy atom. The summed E-state index contributed by atoms with van der Waals surface area (Å²) in [6, 6.07) is 11.8.